The second kappa shape index (κ2) is 4.89. The summed E-state index contributed by atoms with van der Waals surface area (Å²) in [5.74, 6) is -0.121. The van der Waals surface area contributed by atoms with Crippen LogP contribution in [0.3, 0.4) is 0 Å². The monoisotopic (exact) mass is 251 g/mol. The molecule has 90 valence electrons. The van der Waals surface area contributed by atoms with E-state index in [0.29, 0.717) is 16.9 Å². The molecule has 2 amide bonds. The molecule has 1 aromatic rings. The van der Waals surface area contributed by atoms with Crippen molar-refractivity contribution in [3.05, 3.63) is 35.4 Å². The van der Waals surface area contributed by atoms with Gasteiger partial charge in [0, 0.05) is 5.75 Å². The van der Waals surface area contributed by atoms with Crippen LogP contribution in [0.15, 0.2) is 24.3 Å². The number of nitrogens with zero attached hydrogens (tertiary/aromatic N) is 1. The molecule has 1 aliphatic heterocycles. The molecule has 0 aromatic heterocycles. The van der Waals surface area contributed by atoms with Crippen LogP contribution >= 0.6 is 11.8 Å². The van der Waals surface area contributed by atoms with E-state index in [0.717, 1.165) is 4.90 Å². The second-order valence-electron chi connectivity index (χ2n) is 3.88. The molecule has 17 heavy (non-hydrogen) atoms. The van der Waals surface area contributed by atoms with Gasteiger partial charge in [-0.15, -0.1) is 0 Å². The minimum Gasteiger partial charge on any atom is -0.390 e. The van der Waals surface area contributed by atoms with Gasteiger partial charge in [-0.25, -0.2) is 0 Å². The van der Waals surface area contributed by atoms with Crippen LogP contribution in [0.4, 0.5) is 0 Å². The summed E-state index contributed by atoms with van der Waals surface area (Å²) in [5.41, 5.74) is 0.850. The first-order valence-electron chi connectivity index (χ1n) is 5.27. The summed E-state index contributed by atoms with van der Waals surface area (Å²) in [6.45, 7) is 0.0627. The third kappa shape index (κ3) is 2.21. The molecular weight excluding hydrogens is 238 g/mol. The van der Waals surface area contributed by atoms with Crippen molar-refractivity contribution in [2.75, 3.05) is 18.6 Å². The lowest BCUT2D eigenvalue weighted by molar-refractivity contribution is 0.0567. The van der Waals surface area contributed by atoms with Crippen molar-refractivity contribution in [2.45, 2.75) is 6.10 Å². The highest BCUT2D eigenvalue weighted by Crippen LogP contribution is 2.22. The van der Waals surface area contributed by atoms with Gasteiger partial charge in [0.05, 0.1) is 23.8 Å². The molecule has 0 aliphatic carbocycles. The zero-order valence-corrected chi connectivity index (χ0v) is 10.2. The van der Waals surface area contributed by atoms with Crippen molar-refractivity contribution in [2.24, 2.45) is 0 Å². The summed E-state index contributed by atoms with van der Waals surface area (Å²) in [5, 5.41) is 9.66. The number of carbonyl (C=O) groups is 2. The molecule has 0 radical (unpaired) electrons. The number of amides is 2. The largest absolute Gasteiger partial charge is 0.390 e. The first-order valence-corrected chi connectivity index (χ1v) is 6.66. The van der Waals surface area contributed by atoms with Gasteiger partial charge in [-0.1, -0.05) is 12.1 Å². The predicted molar refractivity (Wildman–Crippen MR) is 66.2 cm³/mol. The number of imide groups is 1. The van der Waals surface area contributed by atoms with E-state index in [1.807, 2.05) is 6.26 Å². The fourth-order valence-corrected chi connectivity index (χ4v) is 2.35. The Morgan fingerprint density at radius 3 is 2.24 bits per heavy atom. The van der Waals surface area contributed by atoms with E-state index >= 15 is 0 Å². The zero-order chi connectivity index (χ0) is 12.4. The van der Waals surface area contributed by atoms with E-state index < -0.39 is 6.10 Å². The van der Waals surface area contributed by atoms with E-state index in [-0.39, 0.29) is 18.4 Å². The predicted octanol–water partition coefficient (Wildman–Crippen LogP) is 1.01. The van der Waals surface area contributed by atoms with Gasteiger partial charge >= 0.3 is 0 Å². The molecular formula is C12H13NO3S. The molecule has 1 aromatic carbocycles. The van der Waals surface area contributed by atoms with Gasteiger partial charge in [0.25, 0.3) is 11.8 Å². The van der Waals surface area contributed by atoms with Crippen molar-refractivity contribution in [1.29, 1.82) is 0 Å². The van der Waals surface area contributed by atoms with E-state index in [9.17, 15) is 14.7 Å². The number of aliphatic hydroxyl groups is 1. The molecule has 0 spiro atoms. The molecule has 2 rings (SSSR count). The number of rotatable bonds is 4. The van der Waals surface area contributed by atoms with E-state index in [4.69, 9.17) is 0 Å². The molecule has 0 bridgehead atoms. The molecule has 1 N–H and O–H groups in total. The lowest BCUT2D eigenvalue weighted by Gasteiger charge is -2.17. The van der Waals surface area contributed by atoms with Gasteiger partial charge < -0.3 is 5.11 Å². The van der Waals surface area contributed by atoms with Crippen LogP contribution < -0.4 is 0 Å². The highest BCUT2D eigenvalue weighted by molar-refractivity contribution is 7.98. The normalized spacial score (nSPS) is 16.2. The molecule has 1 atom stereocenters. The van der Waals surface area contributed by atoms with Crippen LogP contribution in [-0.2, 0) is 0 Å². The fraction of sp³-hybridized carbons (Fsp3) is 0.333. The maximum Gasteiger partial charge on any atom is 0.261 e. The van der Waals surface area contributed by atoms with Gasteiger partial charge in [-0.3, -0.25) is 14.5 Å². The third-order valence-electron chi connectivity index (χ3n) is 2.63. The molecule has 1 unspecified atom stereocenters. The maximum absolute atomic E-state index is 11.9. The Morgan fingerprint density at radius 1 is 1.24 bits per heavy atom. The standard InChI is InChI=1S/C12H13NO3S/c1-17-7-8(14)6-13-11(15)9-4-2-3-5-10(9)12(13)16/h2-5,8,14H,6-7H2,1H3. The Balaban J connectivity index is 2.19. The molecule has 1 heterocycles. The Bertz CT molecular complexity index is 426. The number of fused-ring (bicyclic) bond motifs is 1. The number of hydrogen-bond donors (Lipinski definition) is 1. The first kappa shape index (κ1) is 12.1. The Morgan fingerprint density at radius 2 is 1.76 bits per heavy atom. The van der Waals surface area contributed by atoms with Crippen molar-refractivity contribution < 1.29 is 14.7 Å². The SMILES string of the molecule is CSCC(O)CN1C(=O)c2ccccc2C1=O. The summed E-state index contributed by atoms with van der Waals surface area (Å²) in [6.07, 6.45) is 1.19. The number of hydrogen-bond acceptors (Lipinski definition) is 4. The average molecular weight is 251 g/mol. The summed E-state index contributed by atoms with van der Waals surface area (Å²) in [4.78, 5) is 25.0. The molecule has 0 saturated carbocycles. The van der Waals surface area contributed by atoms with Crippen molar-refractivity contribution in [3.8, 4) is 0 Å². The Kier molecular flexibility index (Phi) is 3.49. The highest BCUT2D eigenvalue weighted by Gasteiger charge is 2.35. The summed E-state index contributed by atoms with van der Waals surface area (Å²) < 4.78 is 0. The summed E-state index contributed by atoms with van der Waals surface area (Å²) in [7, 11) is 0. The fourth-order valence-electron chi connectivity index (χ4n) is 1.86. The Hall–Kier alpha value is -1.33. The number of β-amino-alcohol motifs (C(OH)–C–C–N with tert-alkyl or cyclic N) is 1. The lowest BCUT2D eigenvalue weighted by atomic mass is 10.1. The van der Waals surface area contributed by atoms with Gasteiger partial charge in [0.15, 0.2) is 0 Å². The van der Waals surface area contributed by atoms with Crippen molar-refractivity contribution in [3.63, 3.8) is 0 Å². The first-order chi connectivity index (χ1) is 8.15. The van der Waals surface area contributed by atoms with Crippen molar-refractivity contribution in [1.82, 2.24) is 4.90 Å². The zero-order valence-electron chi connectivity index (χ0n) is 9.42. The molecule has 1 aliphatic rings. The quantitative estimate of drug-likeness (QED) is 0.811. The van der Waals surface area contributed by atoms with Crippen LogP contribution in [0.25, 0.3) is 0 Å². The van der Waals surface area contributed by atoms with E-state index in [2.05, 4.69) is 0 Å². The van der Waals surface area contributed by atoms with Gasteiger partial charge in [0.2, 0.25) is 0 Å². The van der Waals surface area contributed by atoms with Crippen molar-refractivity contribution >= 4 is 23.6 Å². The molecule has 0 saturated heterocycles. The van der Waals surface area contributed by atoms with Gasteiger partial charge in [0.1, 0.15) is 0 Å². The third-order valence-corrected chi connectivity index (χ3v) is 3.35. The van der Waals surface area contributed by atoms with E-state index in [1.165, 1.54) is 11.8 Å². The van der Waals surface area contributed by atoms with Crippen LogP contribution in [0.5, 0.6) is 0 Å². The molecule has 0 fully saturated rings. The highest BCUT2D eigenvalue weighted by atomic mass is 32.2. The smallest absolute Gasteiger partial charge is 0.261 e. The number of thioether (sulfide) groups is 1. The second-order valence-corrected chi connectivity index (χ2v) is 4.79. The van der Waals surface area contributed by atoms with Crippen LogP contribution in [-0.4, -0.2) is 46.5 Å². The van der Waals surface area contributed by atoms with E-state index in [1.54, 1.807) is 24.3 Å². The van der Waals surface area contributed by atoms with Gasteiger partial charge in [-0.2, -0.15) is 11.8 Å². The van der Waals surface area contributed by atoms with Crippen LogP contribution in [0, 0.1) is 0 Å². The maximum atomic E-state index is 11.9. The Labute approximate surface area is 104 Å². The van der Waals surface area contributed by atoms with Crippen LogP contribution in [0.2, 0.25) is 0 Å². The number of carbonyl (C=O) groups excluding carboxylic acids is 2. The summed E-state index contributed by atoms with van der Waals surface area (Å²) in [6, 6.07) is 6.73. The minimum absolute atomic E-state index is 0.0627. The lowest BCUT2D eigenvalue weighted by Crippen LogP contribution is -2.37. The number of benzene rings is 1. The summed E-state index contributed by atoms with van der Waals surface area (Å²) >= 11 is 1.48. The average Bonchev–Trinajstić information content (AvgIpc) is 2.56. The molecule has 5 heteroatoms. The minimum atomic E-state index is -0.674. The van der Waals surface area contributed by atoms with Crippen LogP contribution in [0.1, 0.15) is 20.7 Å². The molecule has 4 nitrogen and oxygen atoms in total. The van der Waals surface area contributed by atoms with Gasteiger partial charge in [-0.05, 0) is 18.4 Å². The number of aliphatic hydroxyl groups excluding tert-OH is 1. The topological polar surface area (TPSA) is 57.6 Å².